The lowest BCUT2D eigenvalue weighted by Crippen LogP contribution is -2.31. The second-order valence-corrected chi connectivity index (χ2v) is 6.82. The number of nitriles is 3. The number of para-hydroxylation sites is 2. The summed E-state index contributed by atoms with van der Waals surface area (Å²) >= 11 is 1.06. The highest BCUT2D eigenvalue weighted by atomic mass is 32.1. The Bertz CT molecular complexity index is 1340. The zero-order valence-corrected chi connectivity index (χ0v) is 16.2. The first-order valence-electron chi connectivity index (χ1n) is 8.63. The van der Waals surface area contributed by atoms with Crippen molar-refractivity contribution in [1.29, 1.82) is 15.8 Å². The van der Waals surface area contributed by atoms with Crippen molar-refractivity contribution in [2.45, 2.75) is 6.92 Å². The molecule has 0 amide bonds. The third-order valence-corrected chi connectivity index (χ3v) is 5.10. The van der Waals surface area contributed by atoms with Crippen LogP contribution in [0.5, 0.6) is 5.75 Å². The Hall–Kier alpha value is -4.12. The van der Waals surface area contributed by atoms with E-state index in [1.165, 1.54) is 4.57 Å². The summed E-state index contributed by atoms with van der Waals surface area (Å²) in [5.41, 5.74) is 1.20. The zero-order chi connectivity index (χ0) is 20.8. The molecule has 0 unspecified atom stereocenters. The Kier molecular flexibility index (Phi) is 5.90. The standard InChI is InChI=1S/C22H14N4O2S/c1-2-28-19-6-4-3-5-18(19)26-21(27)20(29-22(26)17(13-24)14-25)11-15-7-9-16(12-23)10-8-15/h3-11H,2H2,1H3/b20-11+. The molecule has 0 saturated heterocycles. The average molecular weight is 398 g/mol. The summed E-state index contributed by atoms with van der Waals surface area (Å²) < 4.78 is 7.57. The van der Waals surface area contributed by atoms with Gasteiger partial charge in [-0.15, -0.1) is 11.3 Å². The maximum absolute atomic E-state index is 13.2. The normalized spacial score (nSPS) is 10.6. The van der Waals surface area contributed by atoms with Gasteiger partial charge in [0.05, 0.1) is 28.5 Å². The molecule has 0 atom stereocenters. The summed E-state index contributed by atoms with van der Waals surface area (Å²) in [5, 5.41) is 27.7. The smallest absolute Gasteiger partial charge is 0.273 e. The number of thiazole rings is 1. The van der Waals surface area contributed by atoms with E-state index in [1.54, 1.807) is 54.6 Å². The molecule has 0 radical (unpaired) electrons. The predicted octanol–water partition coefficient (Wildman–Crippen LogP) is 2.20. The van der Waals surface area contributed by atoms with Crippen LogP contribution in [0.1, 0.15) is 18.1 Å². The summed E-state index contributed by atoms with van der Waals surface area (Å²) in [6.07, 6.45) is 1.67. The molecule has 7 heteroatoms. The molecule has 6 nitrogen and oxygen atoms in total. The van der Waals surface area contributed by atoms with Gasteiger partial charge in [-0.1, -0.05) is 24.3 Å². The molecule has 0 saturated carbocycles. The van der Waals surface area contributed by atoms with Gasteiger partial charge in [-0.3, -0.25) is 9.36 Å². The molecular formula is C22H14N4O2S. The van der Waals surface area contributed by atoms with Gasteiger partial charge in [-0.2, -0.15) is 15.8 Å². The minimum atomic E-state index is -0.357. The largest absolute Gasteiger partial charge is 0.492 e. The van der Waals surface area contributed by atoms with E-state index < -0.39 is 0 Å². The van der Waals surface area contributed by atoms with Crippen LogP contribution in [0, 0.1) is 34.0 Å². The number of rotatable bonds is 4. The molecule has 0 bridgehead atoms. The van der Waals surface area contributed by atoms with Crippen molar-refractivity contribution in [2.24, 2.45) is 0 Å². The molecule has 3 rings (SSSR count). The van der Waals surface area contributed by atoms with Crippen molar-refractivity contribution in [1.82, 2.24) is 4.57 Å². The van der Waals surface area contributed by atoms with Gasteiger partial charge in [0.15, 0.2) is 5.57 Å². The van der Waals surface area contributed by atoms with E-state index in [1.807, 2.05) is 25.1 Å². The molecule has 0 aliphatic rings. The Morgan fingerprint density at radius 3 is 2.41 bits per heavy atom. The van der Waals surface area contributed by atoms with Crippen LogP contribution in [0.4, 0.5) is 0 Å². The molecule has 140 valence electrons. The molecule has 0 aliphatic carbocycles. The molecular weight excluding hydrogens is 384 g/mol. The van der Waals surface area contributed by atoms with E-state index >= 15 is 0 Å². The summed E-state index contributed by atoms with van der Waals surface area (Å²) in [7, 11) is 0. The van der Waals surface area contributed by atoms with Crippen molar-refractivity contribution >= 4 is 23.0 Å². The molecule has 29 heavy (non-hydrogen) atoms. The third-order valence-electron chi connectivity index (χ3n) is 4.00. The van der Waals surface area contributed by atoms with Gasteiger partial charge in [0.2, 0.25) is 0 Å². The summed E-state index contributed by atoms with van der Waals surface area (Å²) in [6.45, 7) is 2.24. The van der Waals surface area contributed by atoms with E-state index in [9.17, 15) is 15.3 Å². The monoisotopic (exact) mass is 398 g/mol. The van der Waals surface area contributed by atoms with E-state index in [-0.39, 0.29) is 15.8 Å². The van der Waals surface area contributed by atoms with E-state index in [2.05, 4.69) is 0 Å². The van der Waals surface area contributed by atoms with E-state index in [0.717, 1.165) is 16.9 Å². The van der Waals surface area contributed by atoms with Crippen LogP contribution in [-0.4, -0.2) is 11.2 Å². The molecule has 0 fully saturated rings. The van der Waals surface area contributed by atoms with Crippen LogP contribution in [0.25, 0.3) is 17.3 Å². The second kappa shape index (κ2) is 8.71. The maximum atomic E-state index is 13.2. The average Bonchev–Trinajstić information content (AvgIpc) is 3.06. The first-order valence-corrected chi connectivity index (χ1v) is 9.45. The quantitative estimate of drug-likeness (QED) is 0.670. The number of nitrogens with zero attached hydrogens (tertiary/aromatic N) is 4. The minimum absolute atomic E-state index is 0.155. The minimum Gasteiger partial charge on any atom is -0.492 e. The molecule has 0 aliphatic heterocycles. The van der Waals surface area contributed by atoms with E-state index in [0.29, 0.717) is 28.1 Å². The highest BCUT2D eigenvalue weighted by molar-refractivity contribution is 7.07. The Morgan fingerprint density at radius 1 is 1.10 bits per heavy atom. The van der Waals surface area contributed by atoms with Crippen molar-refractivity contribution < 1.29 is 4.74 Å². The number of hydrogen-bond donors (Lipinski definition) is 0. The Labute approximate surface area is 170 Å². The fourth-order valence-corrected chi connectivity index (χ4v) is 3.76. The van der Waals surface area contributed by atoms with Crippen molar-refractivity contribution in [3.05, 3.63) is 79.2 Å². The number of aromatic nitrogens is 1. The molecule has 1 heterocycles. The van der Waals surface area contributed by atoms with Gasteiger partial charge >= 0.3 is 0 Å². The van der Waals surface area contributed by atoms with Crippen LogP contribution in [0.2, 0.25) is 0 Å². The van der Waals surface area contributed by atoms with Gasteiger partial charge in [0.1, 0.15) is 22.6 Å². The zero-order valence-electron chi connectivity index (χ0n) is 15.4. The van der Waals surface area contributed by atoms with E-state index in [4.69, 9.17) is 10.00 Å². The van der Waals surface area contributed by atoms with Crippen molar-refractivity contribution in [3.63, 3.8) is 0 Å². The van der Waals surface area contributed by atoms with Crippen molar-refractivity contribution in [2.75, 3.05) is 6.61 Å². The second-order valence-electron chi connectivity index (χ2n) is 5.79. The fraction of sp³-hybridized carbons (Fsp3) is 0.0909. The lowest BCUT2D eigenvalue weighted by molar-refractivity contribution is 0.339. The van der Waals surface area contributed by atoms with Crippen LogP contribution < -0.4 is 19.5 Å². The molecule has 2 aromatic carbocycles. The molecule has 3 aromatic rings. The van der Waals surface area contributed by atoms with Gasteiger partial charge in [0, 0.05) is 0 Å². The molecule has 0 N–H and O–H groups in total. The number of hydrogen-bond acceptors (Lipinski definition) is 6. The van der Waals surface area contributed by atoms with Gasteiger partial charge in [-0.05, 0) is 42.8 Å². The molecule has 1 aromatic heterocycles. The highest BCUT2D eigenvalue weighted by Gasteiger charge is 2.14. The summed E-state index contributed by atoms with van der Waals surface area (Å²) in [6, 6.07) is 19.5. The van der Waals surface area contributed by atoms with Crippen LogP contribution in [0.3, 0.4) is 0 Å². The Morgan fingerprint density at radius 2 is 1.79 bits per heavy atom. The lowest BCUT2D eigenvalue weighted by Gasteiger charge is -2.10. The first kappa shape index (κ1) is 19.6. The van der Waals surface area contributed by atoms with Gasteiger partial charge < -0.3 is 4.74 Å². The topological polar surface area (TPSA) is 103 Å². The van der Waals surface area contributed by atoms with Crippen LogP contribution >= 0.6 is 11.3 Å². The van der Waals surface area contributed by atoms with Crippen LogP contribution in [-0.2, 0) is 0 Å². The number of ether oxygens (including phenoxy) is 1. The summed E-state index contributed by atoms with van der Waals surface area (Å²) in [5.74, 6) is 0.483. The maximum Gasteiger partial charge on any atom is 0.273 e. The summed E-state index contributed by atoms with van der Waals surface area (Å²) in [4.78, 5) is 13.2. The predicted molar refractivity (Wildman–Crippen MR) is 110 cm³/mol. The van der Waals surface area contributed by atoms with Crippen LogP contribution in [0.15, 0.2) is 53.3 Å². The first-order chi connectivity index (χ1) is 14.1. The highest BCUT2D eigenvalue weighted by Crippen LogP contribution is 2.20. The number of benzene rings is 2. The van der Waals surface area contributed by atoms with Crippen molar-refractivity contribution in [3.8, 4) is 29.6 Å². The fourth-order valence-electron chi connectivity index (χ4n) is 2.71. The SMILES string of the molecule is CCOc1ccccc1-n1c(=C(C#N)C#N)s/c(=C/c2ccc(C#N)cc2)c1=O. The third kappa shape index (κ3) is 3.94. The van der Waals surface area contributed by atoms with Gasteiger partial charge in [0.25, 0.3) is 5.56 Å². The van der Waals surface area contributed by atoms with Gasteiger partial charge in [-0.25, -0.2) is 0 Å². The lowest BCUT2D eigenvalue weighted by atomic mass is 10.1. The Balaban J connectivity index is 2.36. The molecule has 0 spiro atoms.